The molecule has 0 aliphatic heterocycles. The molecule has 4 saturated carbocycles. The van der Waals surface area contributed by atoms with Gasteiger partial charge in [0.25, 0.3) is 0 Å². The van der Waals surface area contributed by atoms with Gasteiger partial charge in [0, 0.05) is 6.61 Å². The van der Waals surface area contributed by atoms with E-state index in [0.717, 1.165) is 36.0 Å². The molecule has 152 valence electrons. The third-order valence-electron chi connectivity index (χ3n) is 9.74. The largest absolute Gasteiger partial charge is 0.396 e. The summed E-state index contributed by atoms with van der Waals surface area (Å²) in [5.74, 6) is 5.12. The van der Waals surface area contributed by atoms with Gasteiger partial charge >= 0.3 is 0 Å². The number of hydrogen-bond acceptors (Lipinski definition) is 1. The van der Waals surface area contributed by atoms with Gasteiger partial charge in [-0.1, -0.05) is 47.0 Å². The van der Waals surface area contributed by atoms with Crippen molar-refractivity contribution in [2.24, 2.45) is 40.4 Å². The minimum atomic E-state index is 0.386. The predicted octanol–water partition coefficient (Wildman–Crippen LogP) is 7.22. The van der Waals surface area contributed by atoms with Crippen molar-refractivity contribution in [1.29, 1.82) is 0 Å². The molecule has 0 amide bonds. The van der Waals surface area contributed by atoms with Crippen molar-refractivity contribution in [3.8, 4) is 0 Å². The van der Waals surface area contributed by atoms with E-state index >= 15 is 0 Å². The Labute approximate surface area is 163 Å². The van der Waals surface area contributed by atoms with Crippen LogP contribution in [-0.4, -0.2) is 11.7 Å². The van der Waals surface area contributed by atoms with Crippen LogP contribution in [0.2, 0.25) is 0 Å². The highest BCUT2D eigenvalue weighted by molar-refractivity contribution is 5.08. The van der Waals surface area contributed by atoms with Gasteiger partial charge in [0.15, 0.2) is 0 Å². The van der Waals surface area contributed by atoms with Crippen LogP contribution >= 0.6 is 0 Å². The maximum Gasteiger partial charge on any atom is 0.0431 e. The monoisotopic (exact) mass is 362 g/mol. The van der Waals surface area contributed by atoms with Gasteiger partial charge in [-0.05, 0) is 105 Å². The second-order valence-corrected chi connectivity index (χ2v) is 10.4. The van der Waals surface area contributed by atoms with Gasteiger partial charge in [-0.3, -0.25) is 0 Å². The molecule has 0 aromatic carbocycles. The molecule has 7 unspecified atom stereocenters. The summed E-state index contributed by atoms with van der Waals surface area (Å²) in [6, 6.07) is 0. The summed E-state index contributed by atoms with van der Waals surface area (Å²) in [5.41, 5.74) is 1.33. The van der Waals surface area contributed by atoms with Crippen molar-refractivity contribution in [1.82, 2.24) is 0 Å². The van der Waals surface area contributed by atoms with Gasteiger partial charge in [-0.25, -0.2) is 0 Å². The first-order chi connectivity index (χ1) is 12.6. The zero-order valence-electron chi connectivity index (χ0n) is 18.2. The first-order valence-electron chi connectivity index (χ1n) is 12.2. The molecule has 1 heteroatoms. The molecule has 4 rings (SSSR count). The van der Waals surface area contributed by atoms with E-state index in [1.165, 1.54) is 64.2 Å². The number of fused-ring (bicyclic) bond motifs is 5. The summed E-state index contributed by atoms with van der Waals surface area (Å²) in [7, 11) is 0. The first kappa shape index (κ1) is 20.7. The number of rotatable bonds is 4. The predicted molar refractivity (Wildman–Crippen MR) is 112 cm³/mol. The molecule has 4 aliphatic rings. The molecule has 0 radical (unpaired) electrons. The SMILES string of the molecule is CC.CC12CCCCC1CCC1C2CCC2(C)C(CCCCO)CCC12. The molecule has 0 spiro atoms. The molecule has 26 heavy (non-hydrogen) atoms. The standard InChI is InChI=1S/C23H40O.C2H6/c1-22-14-5-3-7-17(22)9-11-19-20-12-10-18(8-4-6-16-24)23(20,2)15-13-21(19)22;1-2/h17-21,24H,3-16H2,1-2H3;1-2H3. The normalized spacial score (nSPS) is 47.2. The fourth-order valence-corrected chi connectivity index (χ4v) is 8.38. The number of aliphatic hydroxyl groups excluding tert-OH is 1. The first-order valence-corrected chi connectivity index (χ1v) is 12.2. The third-order valence-corrected chi connectivity index (χ3v) is 9.74. The number of hydrogen-bond donors (Lipinski definition) is 1. The summed E-state index contributed by atoms with van der Waals surface area (Å²) >= 11 is 0. The number of unbranched alkanes of at least 4 members (excludes halogenated alkanes) is 1. The molecule has 0 bridgehead atoms. The maximum atomic E-state index is 9.13. The lowest BCUT2D eigenvalue weighted by molar-refractivity contribution is -0.111. The van der Waals surface area contributed by atoms with E-state index in [9.17, 15) is 0 Å². The molecular weight excluding hydrogens is 316 g/mol. The molecular formula is C25H46O. The van der Waals surface area contributed by atoms with E-state index in [1.54, 1.807) is 12.8 Å². The zero-order valence-corrected chi connectivity index (χ0v) is 18.2. The molecule has 0 aromatic heterocycles. The lowest BCUT2D eigenvalue weighted by Crippen LogP contribution is -2.52. The zero-order chi connectivity index (χ0) is 18.8. The maximum absolute atomic E-state index is 9.13. The fraction of sp³-hybridized carbons (Fsp3) is 1.00. The second-order valence-electron chi connectivity index (χ2n) is 10.4. The van der Waals surface area contributed by atoms with E-state index in [2.05, 4.69) is 13.8 Å². The van der Waals surface area contributed by atoms with E-state index in [0.29, 0.717) is 17.4 Å². The summed E-state index contributed by atoms with van der Waals surface area (Å²) in [6.45, 7) is 9.75. The summed E-state index contributed by atoms with van der Waals surface area (Å²) in [4.78, 5) is 0. The molecule has 4 aliphatic carbocycles. The van der Waals surface area contributed by atoms with Crippen molar-refractivity contribution in [3.05, 3.63) is 0 Å². The van der Waals surface area contributed by atoms with Crippen LogP contribution in [0.1, 0.15) is 111 Å². The smallest absolute Gasteiger partial charge is 0.0431 e. The van der Waals surface area contributed by atoms with Gasteiger partial charge in [0.05, 0.1) is 0 Å². The lowest BCUT2D eigenvalue weighted by Gasteiger charge is -2.60. The quantitative estimate of drug-likeness (QED) is 0.523. The van der Waals surface area contributed by atoms with Crippen LogP contribution in [0.25, 0.3) is 0 Å². The molecule has 1 N–H and O–H groups in total. The highest BCUT2D eigenvalue weighted by atomic mass is 16.2. The molecule has 0 aromatic rings. The molecule has 4 fully saturated rings. The highest BCUT2D eigenvalue weighted by Crippen LogP contribution is 2.67. The average molecular weight is 363 g/mol. The molecule has 0 saturated heterocycles. The van der Waals surface area contributed by atoms with Crippen LogP contribution < -0.4 is 0 Å². The van der Waals surface area contributed by atoms with Gasteiger partial charge < -0.3 is 5.11 Å². The Morgan fingerprint density at radius 2 is 1.54 bits per heavy atom. The van der Waals surface area contributed by atoms with Crippen LogP contribution in [0.15, 0.2) is 0 Å². The van der Waals surface area contributed by atoms with Gasteiger partial charge in [-0.2, -0.15) is 0 Å². The molecule has 7 atom stereocenters. The van der Waals surface area contributed by atoms with Crippen LogP contribution in [0.5, 0.6) is 0 Å². The Morgan fingerprint density at radius 1 is 0.769 bits per heavy atom. The Balaban J connectivity index is 0.000000948. The van der Waals surface area contributed by atoms with Crippen molar-refractivity contribution >= 4 is 0 Å². The van der Waals surface area contributed by atoms with Crippen molar-refractivity contribution < 1.29 is 5.11 Å². The Kier molecular flexibility index (Phi) is 6.80. The lowest BCUT2D eigenvalue weighted by atomic mass is 9.45. The molecule has 1 nitrogen and oxygen atoms in total. The fourth-order valence-electron chi connectivity index (χ4n) is 8.38. The minimum Gasteiger partial charge on any atom is -0.396 e. The average Bonchev–Trinajstić information content (AvgIpc) is 3.00. The van der Waals surface area contributed by atoms with Crippen LogP contribution in [0.3, 0.4) is 0 Å². The van der Waals surface area contributed by atoms with Crippen LogP contribution in [0, 0.1) is 40.4 Å². The minimum absolute atomic E-state index is 0.386. The third kappa shape index (κ3) is 3.40. The summed E-state index contributed by atoms with van der Waals surface area (Å²) in [6.07, 6.45) is 18.8. The Morgan fingerprint density at radius 3 is 2.31 bits per heavy atom. The number of aliphatic hydroxyl groups is 1. The van der Waals surface area contributed by atoms with Crippen molar-refractivity contribution in [2.75, 3.05) is 6.61 Å². The Bertz CT molecular complexity index is 445. The summed E-state index contributed by atoms with van der Waals surface area (Å²) in [5, 5.41) is 9.13. The Hall–Kier alpha value is -0.0400. The highest BCUT2D eigenvalue weighted by Gasteiger charge is 2.59. The van der Waals surface area contributed by atoms with E-state index in [-0.39, 0.29) is 0 Å². The van der Waals surface area contributed by atoms with Crippen molar-refractivity contribution in [2.45, 2.75) is 111 Å². The topological polar surface area (TPSA) is 20.2 Å². The summed E-state index contributed by atoms with van der Waals surface area (Å²) < 4.78 is 0. The van der Waals surface area contributed by atoms with Gasteiger partial charge in [0.1, 0.15) is 0 Å². The van der Waals surface area contributed by atoms with Gasteiger partial charge in [-0.15, -0.1) is 0 Å². The van der Waals surface area contributed by atoms with Gasteiger partial charge in [0.2, 0.25) is 0 Å². The van der Waals surface area contributed by atoms with Crippen LogP contribution in [0.4, 0.5) is 0 Å². The second kappa shape index (κ2) is 8.54. The van der Waals surface area contributed by atoms with E-state index in [4.69, 9.17) is 5.11 Å². The van der Waals surface area contributed by atoms with E-state index in [1.807, 2.05) is 13.8 Å². The van der Waals surface area contributed by atoms with Crippen molar-refractivity contribution in [3.63, 3.8) is 0 Å². The van der Waals surface area contributed by atoms with E-state index < -0.39 is 0 Å². The molecule has 0 heterocycles. The van der Waals surface area contributed by atoms with Crippen LogP contribution in [-0.2, 0) is 0 Å².